The number of halogens is 1. The van der Waals surface area contributed by atoms with E-state index in [2.05, 4.69) is 0 Å². The number of methoxy groups -OCH3 is 1. The van der Waals surface area contributed by atoms with Gasteiger partial charge in [-0.1, -0.05) is 0 Å². The van der Waals surface area contributed by atoms with Gasteiger partial charge in [0.2, 0.25) is 0 Å². The fourth-order valence-corrected chi connectivity index (χ4v) is 1.27. The third kappa shape index (κ3) is 2.49. The van der Waals surface area contributed by atoms with Crippen molar-refractivity contribution in [2.75, 3.05) is 19.1 Å². The molecule has 0 aliphatic heterocycles. The molecule has 0 radical (unpaired) electrons. The zero-order valence-electron chi connectivity index (χ0n) is 9.40. The number of hydrogen-bond donors (Lipinski definition) is 1. The first kappa shape index (κ1) is 12.4. The number of aliphatic hydroxyl groups is 1. The number of aliphatic hydroxyl groups excluding tert-OH is 1. The average molecular weight is 227 g/mol. The number of carbonyl (C=O) groups is 1. The van der Waals surface area contributed by atoms with Crippen molar-refractivity contribution in [2.24, 2.45) is 0 Å². The molecule has 0 saturated carbocycles. The first-order valence-electron chi connectivity index (χ1n) is 4.76. The molecule has 5 heteroatoms. The predicted molar refractivity (Wildman–Crippen MR) is 58.0 cm³/mol. The number of carbonyl (C=O) groups excluding carboxylic acids is 1. The lowest BCUT2D eigenvalue weighted by Gasteiger charge is -2.19. The quantitative estimate of drug-likeness (QED) is 0.843. The molecular formula is C11H14FNO3. The predicted octanol–water partition coefficient (Wildman–Crippen LogP) is 1.18. The van der Waals surface area contributed by atoms with Crippen molar-refractivity contribution in [3.63, 3.8) is 0 Å². The number of nitrogens with zero attached hydrogens (tertiary/aromatic N) is 1. The van der Waals surface area contributed by atoms with Gasteiger partial charge in [-0.2, -0.15) is 0 Å². The van der Waals surface area contributed by atoms with Gasteiger partial charge in [0.25, 0.3) is 5.91 Å². The molecule has 4 nitrogen and oxygen atoms in total. The zero-order valence-corrected chi connectivity index (χ0v) is 9.40. The van der Waals surface area contributed by atoms with Crippen molar-refractivity contribution in [3.05, 3.63) is 24.0 Å². The molecular weight excluding hydrogens is 213 g/mol. The fraction of sp³-hybridized carbons (Fsp3) is 0.364. The van der Waals surface area contributed by atoms with Crippen LogP contribution in [0.5, 0.6) is 5.75 Å². The molecule has 1 amide bonds. The molecule has 16 heavy (non-hydrogen) atoms. The van der Waals surface area contributed by atoms with Gasteiger partial charge < -0.3 is 14.7 Å². The van der Waals surface area contributed by atoms with E-state index in [0.29, 0.717) is 5.69 Å². The Hall–Kier alpha value is -1.62. The molecule has 1 N–H and O–H groups in total. The summed E-state index contributed by atoms with van der Waals surface area (Å²) in [5, 5.41) is 9.11. The van der Waals surface area contributed by atoms with Crippen molar-refractivity contribution in [1.29, 1.82) is 0 Å². The van der Waals surface area contributed by atoms with Crippen LogP contribution in [-0.4, -0.2) is 31.3 Å². The highest BCUT2D eigenvalue weighted by atomic mass is 19.1. The summed E-state index contributed by atoms with van der Waals surface area (Å²) < 4.78 is 18.1. The maximum absolute atomic E-state index is 13.3. The molecule has 1 unspecified atom stereocenters. The van der Waals surface area contributed by atoms with Crippen LogP contribution >= 0.6 is 0 Å². The Kier molecular flexibility index (Phi) is 3.84. The lowest BCUT2D eigenvalue weighted by molar-refractivity contribution is -0.125. The van der Waals surface area contributed by atoms with E-state index in [-0.39, 0.29) is 5.75 Å². The van der Waals surface area contributed by atoms with Crippen molar-refractivity contribution in [3.8, 4) is 5.75 Å². The monoisotopic (exact) mass is 227 g/mol. The van der Waals surface area contributed by atoms with E-state index in [9.17, 15) is 9.18 Å². The van der Waals surface area contributed by atoms with E-state index in [1.165, 1.54) is 38.1 Å². The van der Waals surface area contributed by atoms with E-state index >= 15 is 0 Å². The summed E-state index contributed by atoms with van der Waals surface area (Å²) in [5.74, 6) is -0.934. The SMILES string of the molecule is COc1ccc(N(C)C(=O)C(C)O)cc1F. The molecule has 1 aromatic rings. The largest absolute Gasteiger partial charge is 0.494 e. The molecule has 0 aliphatic carbocycles. The Morgan fingerprint density at radius 3 is 2.62 bits per heavy atom. The minimum absolute atomic E-state index is 0.113. The highest BCUT2D eigenvalue weighted by Gasteiger charge is 2.17. The van der Waals surface area contributed by atoms with Crippen LogP contribution in [0.4, 0.5) is 10.1 Å². The van der Waals surface area contributed by atoms with Crippen LogP contribution in [0.15, 0.2) is 18.2 Å². The Morgan fingerprint density at radius 1 is 1.56 bits per heavy atom. The number of amides is 1. The second kappa shape index (κ2) is 4.94. The number of anilines is 1. The highest BCUT2D eigenvalue weighted by Crippen LogP contribution is 2.23. The average Bonchev–Trinajstić information content (AvgIpc) is 2.26. The Labute approximate surface area is 93.3 Å². The minimum atomic E-state index is -1.12. The van der Waals surface area contributed by atoms with Gasteiger partial charge in [0.1, 0.15) is 6.10 Å². The van der Waals surface area contributed by atoms with Gasteiger partial charge >= 0.3 is 0 Å². The minimum Gasteiger partial charge on any atom is -0.494 e. The van der Waals surface area contributed by atoms with Gasteiger partial charge in [-0.15, -0.1) is 0 Å². The Bertz CT molecular complexity index is 393. The molecule has 1 atom stereocenters. The van der Waals surface area contributed by atoms with E-state index in [4.69, 9.17) is 9.84 Å². The van der Waals surface area contributed by atoms with Crippen LogP contribution in [0.3, 0.4) is 0 Å². The molecule has 88 valence electrons. The number of ether oxygens (including phenoxy) is 1. The summed E-state index contributed by atoms with van der Waals surface area (Å²) in [6.45, 7) is 1.36. The van der Waals surface area contributed by atoms with Crippen LogP contribution in [-0.2, 0) is 4.79 Å². The summed E-state index contributed by atoms with van der Waals surface area (Å²) in [4.78, 5) is 12.6. The maximum Gasteiger partial charge on any atom is 0.255 e. The summed E-state index contributed by atoms with van der Waals surface area (Å²) in [6.07, 6.45) is -1.12. The van der Waals surface area contributed by atoms with Crippen LogP contribution < -0.4 is 9.64 Å². The zero-order chi connectivity index (χ0) is 12.3. The maximum atomic E-state index is 13.3. The first-order valence-corrected chi connectivity index (χ1v) is 4.76. The van der Waals surface area contributed by atoms with E-state index in [1.807, 2.05) is 0 Å². The van der Waals surface area contributed by atoms with Crippen molar-refractivity contribution in [1.82, 2.24) is 0 Å². The molecule has 0 saturated heterocycles. The van der Waals surface area contributed by atoms with Gasteiger partial charge in [0.15, 0.2) is 11.6 Å². The lowest BCUT2D eigenvalue weighted by Crippen LogP contribution is -2.34. The van der Waals surface area contributed by atoms with Gasteiger partial charge in [-0.05, 0) is 19.1 Å². The van der Waals surface area contributed by atoms with E-state index < -0.39 is 17.8 Å². The number of likely N-dealkylation sites (N-methyl/N-ethyl adjacent to an activating group) is 1. The molecule has 1 rings (SSSR count). The molecule has 0 spiro atoms. The van der Waals surface area contributed by atoms with Crippen LogP contribution in [0.1, 0.15) is 6.92 Å². The second-order valence-corrected chi connectivity index (χ2v) is 3.39. The smallest absolute Gasteiger partial charge is 0.255 e. The van der Waals surface area contributed by atoms with Gasteiger partial charge in [-0.25, -0.2) is 4.39 Å². The number of rotatable bonds is 3. The summed E-state index contributed by atoms with van der Waals surface area (Å²) >= 11 is 0. The summed E-state index contributed by atoms with van der Waals surface area (Å²) in [5.41, 5.74) is 0.365. The standard InChI is InChI=1S/C11H14FNO3/c1-7(14)11(15)13(2)8-4-5-10(16-3)9(12)6-8/h4-7,14H,1-3H3. The molecule has 0 bridgehead atoms. The van der Waals surface area contributed by atoms with Crippen molar-refractivity contribution >= 4 is 11.6 Å². The van der Waals surface area contributed by atoms with Crippen LogP contribution in [0.2, 0.25) is 0 Å². The molecule has 0 fully saturated rings. The van der Waals surface area contributed by atoms with E-state index in [0.717, 1.165) is 0 Å². The molecule has 0 heterocycles. The number of hydrogen-bond acceptors (Lipinski definition) is 3. The molecule has 1 aromatic carbocycles. The van der Waals surface area contributed by atoms with Gasteiger partial charge in [0, 0.05) is 18.8 Å². The highest BCUT2D eigenvalue weighted by molar-refractivity contribution is 5.95. The summed E-state index contributed by atoms with van der Waals surface area (Å²) in [7, 11) is 2.83. The Balaban J connectivity index is 2.97. The topological polar surface area (TPSA) is 49.8 Å². The van der Waals surface area contributed by atoms with Crippen molar-refractivity contribution < 1.29 is 19.0 Å². The van der Waals surface area contributed by atoms with Crippen LogP contribution in [0.25, 0.3) is 0 Å². The second-order valence-electron chi connectivity index (χ2n) is 3.39. The van der Waals surface area contributed by atoms with Gasteiger partial charge in [-0.3, -0.25) is 4.79 Å². The molecule has 0 aromatic heterocycles. The fourth-order valence-electron chi connectivity index (χ4n) is 1.27. The first-order chi connectivity index (χ1) is 7.47. The van der Waals surface area contributed by atoms with Gasteiger partial charge in [0.05, 0.1) is 7.11 Å². The lowest BCUT2D eigenvalue weighted by atomic mass is 10.2. The normalized spacial score (nSPS) is 12.1. The van der Waals surface area contributed by atoms with Crippen molar-refractivity contribution in [2.45, 2.75) is 13.0 Å². The third-order valence-corrected chi connectivity index (χ3v) is 2.21. The molecule has 0 aliphatic rings. The Morgan fingerprint density at radius 2 is 2.19 bits per heavy atom. The van der Waals surface area contributed by atoms with E-state index in [1.54, 1.807) is 6.07 Å². The summed E-state index contributed by atoms with van der Waals surface area (Å²) in [6, 6.07) is 4.15. The van der Waals surface area contributed by atoms with Crippen LogP contribution in [0, 0.1) is 5.82 Å². The number of benzene rings is 1. The third-order valence-electron chi connectivity index (χ3n) is 2.21.